The van der Waals surface area contributed by atoms with Gasteiger partial charge in [0, 0.05) is 27.7 Å². The van der Waals surface area contributed by atoms with Gasteiger partial charge in [0.05, 0.1) is 0 Å². The van der Waals surface area contributed by atoms with Crippen molar-refractivity contribution < 1.29 is 69.2 Å². The van der Waals surface area contributed by atoms with Crippen LogP contribution in [-0.2, 0) is 19.2 Å². The standard InChI is InChI=1S/C2H7N2.4C2H4O2.Na/c3-1-2-4;4*1-2(3)4;/h1H,2-4H2;4*1H3,(H,3,4);/q-1;;;;;+1. The second-order valence-corrected chi connectivity index (χ2v) is 2.55. The van der Waals surface area contributed by atoms with Gasteiger partial charge in [0.25, 0.3) is 23.9 Å². The fourth-order valence-corrected chi connectivity index (χ4v) is 0. The molecule has 8 N–H and O–H groups in total. The minimum Gasteiger partial charge on any atom is -0.482 e. The van der Waals surface area contributed by atoms with Crippen molar-refractivity contribution in [1.29, 1.82) is 0 Å². The molecule has 0 aliphatic carbocycles. The Kier molecular flexibility index (Phi) is 63.6. The second kappa shape index (κ2) is 36.4. The number of hydrogen-bond acceptors (Lipinski definition) is 6. The molecule has 10 nitrogen and oxygen atoms in total. The fourth-order valence-electron chi connectivity index (χ4n) is 0. The van der Waals surface area contributed by atoms with Gasteiger partial charge in [0.2, 0.25) is 0 Å². The zero-order chi connectivity index (χ0) is 17.7. The van der Waals surface area contributed by atoms with Crippen molar-refractivity contribution in [3.8, 4) is 0 Å². The van der Waals surface area contributed by atoms with Crippen molar-refractivity contribution in [2.75, 3.05) is 6.54 Å². The number of carbonyl (C=O) groups is 4. The Morgan fingerprint density at radius 2 is 0.810 bits per heavy atom. The van der Waals surface area contributed by atoms with Gasteiger partial charge >= 0.3 is 29.6 Å². The number of hydrogen-bond donors (Lipinski definition) is 6. The molecule has 0 aliphatic rings. The van der Waals surface area contributed by atoms with E-state index in [1.54, 1.807) is 0 Å². The second-order valence-electron chi connectivity index (χ2n) is 2.55. The maximum absolute atomic E-state index is 9.00. The van der Waals surface area contributed by atoms with Crippen LogP contribution in [0.15, 0.2) is 0 Å². The third kappa shape index (κ3) is 133000. The van der Waals surface area contributed by atoms with Gasteiger partial charge in [0.15, 0.2) is 0 Å². The Hall–Kier alpha value is -1.20. The molecule has 0 unspecified atom stereocenters. The van der Waals surface area contributed by atoms with Crippen molar-refractivity contribution in [3.05, 3.63) is 6.54 Å². The van der Waals surface area contributed by atoms with Gasteiger partial charge in [-0.2, -0.15) is 0 Å². The third-order valence-electron chi connectivity index (χ3n) is 0.136. The van der Waals surface area contributed by atoms with E-state index < -0.39 is 23.9 Å². The molecule has 0 fully saturated rings. The summed E-state index contributed by atoms with van der Waals surface area (Å²) in [6.07, 6.45) is 0. The molecule has 0 radical (unpaired) electrons. The van der Waals surface area contributed by atoms with E-state index in [9.17, 15) is 0 Å². The summed E-state index contributed by atoms with van der Waals surface area (Å²) in [5.74, 6) is -3.33. The molecule has 0 bridgehead atoms. The molecule has 122 valence electrons. The van der Waals surface area contributed by atoms with Gasteiger partial charge in [-0.05, 0) is 0 Å². The van der Waals surface area contributed by atoms with Crippen molar-refractivity contribution in [3.63, 3.8) is 0 Å². The van der Waals surface area contributed by atoms with E-state index in [2.05, 4.69) is 0 Å². The van der Waals surface area contributed by atoms with Crippen LogP contribution in [0.25, 0.3) is 0 Å². The summed E-state index contributed by atoms with van der Waals surface area (Å²) in [6, 6.07) is 0. The van der Waals surface area contributed by atoms with Crippen molar-refractivity contribution >= 4 is 23.9 Å². The largest absolute Gasteiger partial charge is 1.00 e. The maximum atomic E-state index is 9.00. The first-order valence-corrected chi connectivity index (χ1v) is 4.86. The zero-order valence-electron chi connectivity index (χ0n) is 12.9. The minimum atomic E-state index is -0.833. The summed E-state index contributed by atoms with van der Waals surface area (Å²) in [5.41, 5.74) is 9.62. The quantitative estimate of drug-likeness (QED) is 0.207. The predicted molar refractivity (Wildman–Crippen MR) is 70.8 cm³/mol. The number of aliphatic carboxylic acids is 4. The van der Waals surface area contributed by atoms with E-state index in [1.807, 2.05) is 0 Å². The molecule has 0 atom stereocenters. The van der Waals surface area contributed by atoms with Gasteiger partial charge in [-0.25, -0.2) is 0 Å². The molecular formula is C10H23N2NaO8. The molecule has 0 aromatic heterocycles. The normalized spacial score (nSPS) is 6.19. The van der Waals surface area contributed by atoms with Gasteiger partial charge < -0.3 is 31.9 Å². The Morgan fingerprint density at radius 1 is 0.762 bits per heavy atom. The molecule has 0 aromatic carbocycles. The number of carboxylic acids is 4. The van der Waals surface area contributed by atoms with Crippen molar-refractivity contribution in [2.24, 2.45) is 11.5 Å². The first-order chi connectivity index (χ1) is 8.84. The topological polar surface area (TPSA) is 201 Å². The Morgan fingerprint density at radius 3 is 0.810 bits per heavy atom. The van der Waals surface area contributed by atoms with Crippen LogP contribution in [0.5, 0.6) is 0 Å². The summed E-state index contributed by atoms with van der Waals surface area (Å²) in [4.78, 5) is 36.0. The van der Waals surface area contributed by atoms with Crippen LogP contribution >= 0.6 is 0 Å². The monoisotopic (exact) mass is 322 g/mol. The van der Waals surface area contributed by atoms with Gasteiger partial charge in [0.1, 0.15) is 0 Å². The summed E-state index contributed by atoms with van der Waals surface area (Å²) in [6.45, 7) is 6.21. The molecule has 0 aromatic rings. The van der Waals surface area contributed by atoms with Crippen LogP contribution in [0, 0.1) is 6.54 Å². The van der Waals surface area contributed by atoms with E-state index in [-0.39, 0.29) is 29.6 Å². The number of carboxylic acid groups (broad SMARTS) is 4. The van der Waals surface area contributed by atoms with E-state index in [1.165, 1.54) is 6.54 Å². The van der Waals surface area contributed by atoms with Crippen LogP contribution < -0.4 is 41.0 Å². The van der Waals surface area contributed by atoms with Crippen molar-refractivity contribution in [1.82, 2.24) is 0 Å². The molecule has 0 spiro atoms. The molecule has 0 amide bonds. The molecule has 0 saturated heterocycles. The Labute approximate surface area is 145 Å². The molecule has 0 aliphatic heterocycles. The molecule has 0 saturated carbocycles. The van der Waals surface area contributed by atoms with Crippen LogP contribution in [0.1, 0.15) is 27.7 Å². The van der Waals surface area contributed by atoms with Crippen LogP contribution in [0.2, 0.25) is 0 Å². The van der Waals surface area contributed by atoms with Gasteiger partial charge in [-0.3, -0.25) is 25.7 Å². The van der Waals surface area contributed by atoms with Gasteiger partial charge in [-0.1, -0.05) is 0 Å². The molecule has 21 heavy (non-hydrogen) atoms. The van der Waals surface area contributed by atoms with Gasteiger partial charge in [-0.15, -0.1) is 6.54 Å². The van der Waals surface area contributed by atoms with Crippen LogP contribution in [0.3, 0.4) is 0 Å². The predicted octanol–water partition coefficient (Wildman–Crippen LogP) is -3.57. The summed E-state index contributed by atoms with van der Waals surface area (Å²) >= 11 is 0. The van der Waals surface area contributed by atoms with E-state index in [0.717, 1.165) is 27.7 Å². The van der Waals surface area contributed by atoms with E-state index >= 15 is 0 Å². The van der Waals surface area contributed by atoms with Crippen LogP contribution in [-0.4, -0.2) is 50.8 Å². The fraction of sp³-hybridized carbons (Fsp3) is 0.500. The zero-order valence-corrected chi connectivity index (χ0v) is 14.9. The minimum absolute atomic E-state index is 0. The number of rotatable bonds is 1. The first-order valence-electron chi connectivity index (χ1n) is 4.86. The third-order valence-corrected chi connectivity index (χ3v) is 0.136. The molecule has 11 heteroatoms. The SMILES string of the molecule is CC(=O)O.CC(=O)O.CC(=O)O.CC(=O)O.N[CH-]CN.[Na+]. The Balaban J connectivity index is -0.0000000331. The summed E-state index contributed by atoms with van der Waals surface area (Å²) < 4.78 is 0. The maximum Gasteiger partial charge on any atom is 1.00 e. The number of nitrogens with two attached hydrogens (primary N) is 2. The first kappa shape index (κ1) is 36.7. The van der Waals surface area contributed by atoms with E-state index in [4.69, 9.17) is 51.1 Å². The molecule has 0 heterocycles. The summed E-state index contributed by atoms with van der Waals surface area (Å²) in [5, 5.41) is 29.7. The van der Waals surface area contributed by atoms with Crippen molar-refractivity contribution in [2.45, 2.75) is 27.7 Å². The molecular weight excluding hydrogens is 299 g/mol. The average molecular weight is 322 g/mol. The summed E-state index contributed by atoms with van der Waals surface area (Å²) in [7, 11) is 0. The Bertz CT molecular complexity index is 195. The smallest absolute Gasteiger partial charge is 0.482 e. The van der Waals surface area contributed by atoms with E-state index in [0.29, 0.717) is 6.54 Å². The molecule has 0 rings (SSSR count). The van der Waals surface area contributed by atoms with Crippen LogP contribution in [0.4, 0.5) is 0 Å². The average Bonchev–Trinajstić information content (AvgIpc) is 2.13.